The molecule has 0 aromatic carbocycles. The van der Waals surface area contributed by atoms with Crippen LogP contribution >= 0.6 is 0 Å². The first-order chi connectivity index (χ1) is 7.71. The van der Waals surface area contributed by atoms with Crippen molar-refractivity contribution in [1.29, 1.82) is 0 Å². The SMILES string of the molecule is CC[C@@H](OCOC)[C@H](OCOC)[C@@H](O)CO. The van der Waals surface area contributed by atoms with E-state index >= 15 is 0 Å². The molecule has 0 saturated carbocycles. The molecule has 98 valence electrons. The van der Waals surface area contributed by atoms with Gasteiger partial charge in [0.05, 0.1) is 12.7 Å². The van der Waals surface area contributed by atoms with E-state index in [1.165, 1.54) is 14.2 Å². The maximum absolute atomic E-state index is 9.59. The van der Waals surface area contributed by atoms with Crippen LogP contribution < -0.4 is 0 Å². The van der Waals surface area contributed by atoms with Crippen molar-refractivity contribution in [3.05, 3.63) is 0 Å². The predicted octanol–water partition coefficient (Wildman–Crippen LogP) is -0.272. The van der Waals surface area contributed by atoms with Gasteiger partial charge >= 0.3 is 0 Å². The molecule has 0 fully saturated rings. The Balaban J connectivity index is 4.29. The summed E-state index contributed by atoms with van der Waals surface area (Å²) in [6.45, 7) is 1.66. The molecule has 0 heterocycles. The van der Waals surface area contributed by atoms with E-state index in [0.29, 0.717) is 6.42 Å². The Bertz CT molecular complexity index is 154. The summed E-state index contributed by atoms with van der Waals surface area (Å²) in [5, 5.41) is 18.5. The van der Waals surface area contributed by atoms with Crippen LogP contribution in [0.15, 0.2) is 0 Å². The van der Waals surface area contributed by atoms with Crippen LogP contribution in [0.1, 0.15) is 13.3 Å². The highest BCUT2D eigenvalue weighted by Gasteiger charge is 2.28. The van der Waals surface area contributed by atoms with Gasteiger partial charge in [-0.15, -0.1) is 0 Å². The third-order valence-electron chi connectivity index (χ3n) is 2.11. The lowest BCUT2D eigenvalue weighted by molar-refractivity contribution is -0.190. The number of rotatable bonds is 10. The zero-order valence-corrected chi connectivity index (χ0v) is 10.1. The van der Waals surface area contributed by atoms with Gasteiger partial charge in [-0.25, -0.2) is 0 Å². The van der Waals surface area contributed by atoms with Crippen LogP contribution in [0.5, 0.6) is 0 Å². The third kappa shape index (κ3) is 5.74. The summed E-state index contributed by atoms with van der Waals surface area (Å²) < 4.78 is 20.2. The van der Waals surface area contributed by atoms with Crippen molar-refractivity contribution in [2.45, 2.75) is 31.7 Å². The Labute approximate surface area is 96.1 Å². The summed E-state index contributed by atoms with van der Waals surface area (Å²) in [6.07, 6.45) is -1.35. The Morgan fingerprint density at radius 1 is 1.06 bits per heavy atom. The largest absolute Gasteiger partial charge is 0.394 e. The van der Waals surface area contributed by atoms with Gasteiger partial charge in [0.15, 0.2) is 0 Å². The Hall–Kier alpha value is -0.240. The number of hydrogen-bond donors (Lipinski definition) is 2. The number of hydrogen-bond acceptors (Lipinski definition) is 6. The molecule has 6 nitrogen and oxygen atoms in total. The smallest absolute Gasteiger partial charge is 0.146 e. The summed E-state index contributed by atoms with van der Waals surface area (Å²) in [4.78, 5) is 0. The second kappa shape index (κ2) is 9.95. The van der Waals surface area contributed by atoms with Crippen LogP contribution in [0.25, 0.3) is 0 Å². The number of aliphatic hydroxyl groups is 2. The van der Waals surface area contributed by atoms with Gasteiger partial charge < -0.3 is 29.2 Å². The highest BCUT2D eigenvalue weighted by Crippen LogP contribution is 2.13. The van der Waals surface area contributed by atoms with E-state index in [4.69, 9.17) is 24.1 Å². The van der Waals surface area contributed by atoms with Crippen LogP contribution in [0.4, 0.5) is 0 Å². The van der Waals surface area contributed by atoms with Gasteiger partial charge in [-0.3, -0.25) is 0 Å². The van der Waals surface area contributed by atoms with Gasteiger partial charge in [0.1, 0.15) is 25.8 Å². The van der Waals surface area contributed by atoms with Crippen molar-refractivity contribution >= 4 is 0 Å². The van der Waals surface area contributed by atoms with Crippen molar-refractivity contribution < 1.29 is 29.2 Å². The summed E-state index contributed by atoms with van der Waals surface area (Å²) in [5.74, 6) is 0. The first kappa shape index (κ1) is 15.8. The van der Waals surface area contributed by atoms with Crippen molar-refractivity contribution in [1.82, 2.24) is 0 Å². The molecule has 3 atom stereocenters. The molecular weight excluding hydrogens is 216 g/mol. The normalized spacial score (nSPS) is 17.1. The second-order valence-electron chi connectivity index (χ2n) is 3.31. The minimum absolute atomic E-state index is 0.0363. The average Bonchev–Trinajstić information content (AvgIpc) is 2.32. The summed E-state index contributed by atoms with van der Waals surface area (Å²) in [6, 6.07) is 0. The first-order valence-corrected chi connectivity index (χ1v) is 5.21. The number of aliphatic hydroxyl groups excluding tert-OH is 2. The van der Waals surface area contributed by atoms with Gasteiger partial charge in [0, 0.05) is 14.2 Å². The fourth-order valence-corrected chi connectivity index (χ4v) is 1.32. The van der Waals surface area contributed by atoms with Gasteiger partial charge in [0.2, 0.25) is 0 Å². The summed E-state index contributed by atoms with van der Waals surface area (Å²) in [7, 11) is 3.00. The number of methoxy groups -OCH3 is 2. The van der Waals surface area contributed by atoms with Crippen molar-refractivity contribution in [3.63, 3.8) is 0 Å². The lowest BCUT2D eigenvalue weighted by Gasteiger charge is -2.29. The molecule has 0 aliphatic heterocycles. The van der Waals surface area contributed by atoms with Crippen LogP contribution in [-0.2, 0) is 18.9 Å². The van der Waals surface area contributed by atoms with Crippen LogP contribution in [0, 0.1) is 0 Å². The topological polar surface area (TPSA) is 77.4 Å². The van der Waals surface area contributed by atoms with Crippen LogP contribution in [0.2, 0.25) is 0 Å². The molecule has 0 aromatic heterocycles. The van der Waals surface area contributed by atoms with Crippen molar-refractivity contribution in [2.24, 2.45) is 0 Å². The Morgan fingerprint density at radius 3 is 2.06 bits per heavy atom. The second-order valence-corrected chi connectivity index (χ2v) is 3.31. The molecule has 0 saturated heterocycles. The molecule has 0 unspecified atom stereocenters. The maximum Gasteiger partial charge on any atom is 0.146 e. The van der Waals surface area contributed by atoms with Gasteiger partial charge in [-0.05, 0) is 6.42 Å². The molecule has 0 rings (SSSR count). The molecule has 0 aromatic rings. The monoisotopic (exact) mass is 238 g/mol. The first-order valence-electron chi connectivity index (χ1n) is 5.21. The molecule has 0 bridgehead atoms. The molecule has 0 amide bonds. The Kier molecular flexibility index (Phi) is 9.80. The lowest BCUT2D eigenvalue weighted by atomic mass is 10.1. The van der Waals surface area contributed by atoms with E-state index in [1.54, 1.807) is 0 Å². The zero-order chi connectivity index (χ0) is 12.4. The molecule has 0 aliphatic rings. The fraction of sp³-hybridized carbons (Fsp3) is 1.00. The summed E-state index contributed by atoms with van der Waals surface area (Å²) in [5.41, 5.74) is 0. The van der Waals surface area contributed by atoms with Crippen LogP contribution in [-0.4, -0.2) is 62.9 Å². The van der Waals surface area contributed by atoms with Gasteiger partial charge in [-0.1, -0.05) is 6.92 Å². The van der Waals surface area contributed by atoms with Gasteiger partial charge in [0.25, 0.3) is 0 Å². The van der Waals surface area contributed by atoms with Gasteiger partial charge in [-0.2, -0.15) is 0 Å². The predicted molar refractivity (Wildman–Crippen MR) is 56.9 cm³/mol. The van der Waals surface area contributed by atoms with E-state index in [9.17, 15) is 5.11 Å². The lowest BCUT2D eigenvalue weighted by Crippen LogP contribution is -2.43. The number of ether oxygens (including phenoxy) is 4. The summed E-state index contributed by atoms with van der Waals surface area (Å²) >= 11 is 0. The third-order valence-corrected chi connectivity index (χ3v) is 2.11. The fourth-order valence-electron chi connectivity index (χ4n) is 1.32. The molecule has 2 N–H and O–H groups in total. The average molecular weight is 238 g/mol. The molecule has 6 heteroatoms. The van der Waals surface area contributed by atoms with Crippen LogP contribution in [0.3, 0.4) is 0 Å². The van der Waals surface area contributed by atoms with E-state index in [0.717, 1.165) is 0 Å². The molecule has 16 heavy (non-hydrogen) atoms. The zero-order valence-electron chi connectivity index (χ0n) is 10.1. The molecule has 0 radical (unpaired) electrons. The van der Waals surface area contributed by atoms with Crippen molar-refractivity contribution in [2.75, 3.05) is 34.4 Å². The van der Waals surface area contributed by atoms with E-state index < -0.39 is 12.2 Å². The van der Waals surface area contributed by atoms with Crippen molar-refractivity contribution in [3.8, 4) is 0 Å². The minimum Gasteiger partial charge on any atom is -0.394 e. The quantitative estimate of drug-likeness (QED) is 0.510. The standard InChI is InChI=1S/C10H22O6/c1-4-9(15-6-13-2)10(8(12)5-11)16-7-14-3/h8-12H,4-7H2,1-3H3/t8-,9+,10+/m0/s1. The molecular formula is C10H22O6. The molecule has 0 spiro atoms. The van der Waals surface area contributed by atoms with E-state index in [1.807, 2.05) is 6.92 Å². The Morgan fingerprint density at radius 2 is 1.62 bits per heavy atom. The molecule has 0 aliphatic carbocycles. The van der Waals surface area contributed by atoms with E-state index in [2.05, 4.69) is 0 Å². The van der Waals surface area contributed by atoms with E-state index in [-0.39, 0.29) is 26.3 Å². The maximum atomic E-state index is 9.59. The highest BCUT2D eigenvalue weighted by atomic mass is 16.7. The highest BCUT2D eigenvalue weighted by molar-refractivity contribution is 4.76. The minimum atomic E-state index is -1.00.